The molecule has 1 aromatic heterocycles. The first-order valence-electron chi connectivity index (χ1n) is 5.16. The molecule has 1 fully saturated rings. The fourth-order valence-electron chi connectivity index (χ4n) is 1.96. The van der Waals surface area contributed by atoms with Crippen molar-refractivity contribution in [2.24, 2.45) is 0 Å². The molecule has 1 unspecified atom stereocenters. The number of hydrogen-bond donors (Lipinski definition) is 2. The lowest BCUT2D eigenvalue weighted by Crippen LogP contribution is -2.31. The summed E-state index contributed by atoms with van der Waals surface area (Å²) in [5.74, 6) is 1.01. The van der Waals surface area contributed by atoms with Gasteiger partial charge in [0.05, 0.1) is 12.8 Å². The molecular weight excluding hydrogens is 176 g/mol. The van der Waals surface area contributed by atoms with Gasteiger partial charge in [0.15, 0.2) is 0 Å². The predicted molar refractivity (Wildman–Crippen MR) is 56.0 cm³/mol. The highest BCUT2D eigenvalue weighted by Gasteiger charge is 2.29. The summed E-state index contributed by atoms with van der Waals surface area (Å²) < 4.78 is 5.26. The zero-order chi connectivity index (χ0) is 10.0. The van der Waals surface area contributed by atoms with Gasteiger partial charge in [-0.25, -0.2) is 0 Å². The predicted octanol–water partition coefficient (Wildman–Crippen LogP) is 1.51. The van der Waals surface area contributed by atoms with Crippen LogP contribution in [0.1, 0.15) is 26.0 Å². The maximum atomic E-state index is 5.26. The Labute approximate surface area is 84.9 Å². The number of furan rings is 1. The van der Waals surface area contributed by atoms with Crippen molar-refractivity contribution in [3.8, 4) is 0 Å². The van der Waals surface area contributed by atoms with Crippen molar-refractivity contribution in [3.05, 3.63) is 24.2 Å². The summed E-state index contributed by atoms with van der Waals surface area (Å²) >= 11 is 0. The maximum Gasteiger partial charge on any atom is 0.117 e. The van der Waals surface area contributed by atoms with Gasteiger partial charge in [-0.05, 0) is 32.4 Å². The normalized spacial score (nSPS) is 25.4. The van der Waals surface area contributed by atoms with E-state index < -0.39 is 0 Å². The van der Waals surface area contributed by atoms with Crippen LogP contribution in [0.4, 0.5) is 0 Å². The van der Waals surface area contributed by atoms with Gasteiger partial charge in [0.25, 0.3) is 0 Å². The first kappa shape index (κ1) is 9.74. The molecule has 3 nitrogen and oxygen atoms in total. The van der Waals surface area contributed by atoms with Crippen molar-refractivity contribution in [3.63, 3.8) is 0 Å². The third-order valence-corrected chi connectivity index (χ3v) is 2.73. The van der Waals surface area contributed by atoms with E-state index in [1.165, 1.54) is 6.42 Å². The van der Waals surface area contributed by atoms with E-state index in [1.54, 1.807) is 6.26 Å². The van der Waals surface area contributed by atoms with Crippen LogP contribution >= 0.6 is 0 Å². The zero-order valence-electron chi connectivity index (χ0n) is 8.84. The van der Waals surface area contributed by atoms with Gasteiger partial charge in [-0.2, -0.15) is 0 Å². The number of rotatable bonds is 3. The molecule has 2 heterocycles. The first-order chi connectivity index (χ1) is 6.66. The van der Waals surface area contributed by atoms with Gasteiger partial charge in [0.1, 0.15) is 5.76 Å². The quantitative estimate of drug-likeness (QED) is 0.766. The Hall–Kier alpha value is -0.800. The minimum atomic E-state index is 0.279. The minimum Gasteiger partial charge on any atom is -0.468 e. The van der Waals surface area contributed by atoms with Crippen LogP contribution in [0.2, 0.25) is 0 Å². The molecule has 3 heteroatoms. The molecule has 1 atom stereocenters. The van der Waals surface area contributed by atoms with Crippen molar-refractivity contribution in [1.82, 2.24) is 10.6 Å². The van der Waals surface area contributed by atoms with Crippen molar-refractivity contribution in [2.45, 2.75) is 38.4 Å². The van der Waals surface area contributed by atoms with Crippen LogP contribution in [0.15, 0.2) is 22.8 Å². The lowest BCUT2D eigenvalue weighted by molar-refractivity contribution is 0.425. The Kier molecular flexibility index (Phi) is 2.61. The standard InChI is InChI=1S/C11H18N2O/c1-11(2)6-9(7-13-11)12-8-10-4-3-5-14-10/h3-5,9,12-13H,6-8H2,1-2H3. The van der Waals surface area contributed by atoms with E-state index in [0.717, 1.165) is 18.8 Å². The lowest BCUT2D eigenvalue weighted by Gasteiger charge is -2.17. The van der Waals surface area contributed by atoms with Crippen LogP contribution in [0.5, 0.6) is 0 Å². The van der Waals surface area contributed by atoms with E-state index in [-0.39, 0.29) is 5.54 Å². The van der Waals surface area contributed by atoms with Crippen LogP contribution in [0.3, 0.4) is 0 Å². The average Bonchev–Trinajstić information content (AvgIpc) is 2.70. The number of nitrogens with one attached hydrogen (secondary N) is 2. The van der Waals surface area contributed by atoms with Gasteiger partial charge < -0.3 is 15.1 Å². The zero-order valence-corrected chi connectivity index (χ0v) is 8.84. The molecule has 14 heavy (non-hydrogen) atoms. The molecule has 0 aliphatic carbocycles. The highest BCUT2D eigenvalue weighted by Crippen LogP contribution is 2.17. The van der Waals surface area contributed by atoms with Crippen LogP contribution in [0.25, 0.3) is 0 Å². The molecule has 0 bridgehead atoms. The second-order valence-electron chi connectivity index (χ2n) is 4.63. The molecule has 0 saturated carbocycles. The largest absolute Gasteiger partial charge is 0.468 e. The summed E-state index contributed by atoms with van der Waals surface area (Å²) in [6, 6.07) is 4.49. The highest BCUT2D eigenvalue weighted by atomic mass is 16.3. The van der Waals surface area contributed by atoms with E-state index in [4.69, 9.17) is 4.42 Å². The van der Waals surface area contributed by atoms with E-state index in [0.29, 0.717) is 6.04 Å². The summed E-state index contributed by atoms with van der Waals surface area (Å²) in [7, 11) is 0. The highest BCUT2D eigenvalue weighted by molar-refractivity contribution is 4.99. The number of hydrogen-bond acceptors (Lipinski definition) is 3. The van der Waals surface area contributed by atoms with Crippen molar-refractivity contribution >= 4 is 0 Å². The van der Waals surface area contributed by atoms with Crippen molar-refractivity contribution in [2.75, 3.05) is 6.54 Å². The summed E-state index contributed by atoms with van der Waals surface area (Å²) in [5.41, 5.74) is 0.279. The van der Waals surface area contributed by atoms with E-state index in [2.05, 4.69) is 24.5 Å². The topological polar surface area (TPSA) is 37.2 Å². The fraction of sp³-hybridized carbons (Fsp3) is 0.636. The Morgan fingerprint density at radius 3 is 3.07 bits per heavy atom. The summed E-state index contributed by atoms with van der Waals surface area (Å²) in [5, 5.41) is 6.97. The van der Waals surface area contributed by atoms with Crippen molar-refractivity contribution < 1.29 is 4.42 Å². The van der Waals surface area contributed by atoms with E-state index in [9.17, 15) is 0 Å². The van der Waals surface area contributed by atoms with Gasteiger partial charge in [-0.3, -0.25) is 0 Å². The molecule has 0 radical (unpaired) electrons. The molecule has 2 rings (SSSR count). The Bertz CT molecular complexity index is 279. The molecule has 1 aliphatic rings. The maximum absolute atomic E-state index is 5.26. The van der Waals surface area contributed by atoms with Crippen LogP contribution < -0.4 is 10.6 Å². The molecule has 1 saturated heterocycles. The third kappa shape index (κ3) is 2.36. The second kappa shape index (κ2) is 3.75. The van der Waals surface area contributed by atoms with Crippen LogP contribution in [0, 0.1) is 0 Å². The Morgan fingerprint density at radius 2 is 2.50 bits per heavy atom. The minimum absolute atomic E-state index is 0.279. The fourth-order valence-corrected chi connectivity index (χ4v) is 1.96. The average molecular weight is 194 g/mol. The Balaban J connectivity index is 1.78. The van der Waals surface area contributed by atoms with Gasteiger partial charge >= 0.3 is 0 Å². The van der Waals surface area contributed by atoms with Gasteiger partial charge in [0.2, 0.25) is 0 Å². The molecule has 2 N–H and O–H groups in total. The van der Waals surface area contributed by atoms with Gasteiger partial charge in [-0.15, -0.1) is 0 Å². The molecular formula is C11H18N2O. The molecule has 1 aliphatic heterocycles. The third-order valence-electron chi connectivity index (χ3n) is 2.73. The van der Waals surface area contributed by atoms with Gasteiger partial charge in [0, 0.05) is 18.1 Å². The summed E-state index contributed by atoms with van der Waals surface area (Å²) in [6.07, 6.45) is 2.89. The van der Waals surface area contributed by atoms with E-state index in [1.807, 2.05) is 12.1 Å². The second-order valence-corrected chi connectivity index (χ2v) is 4.63. The Morgan fingerprint density at radius 1 is 1.64 bits per heavy atom. The molecule has 0 aromatic carbocycles. The smallest absolute Gasteiger partial charge is 0.117 e. The molecule has 1 aromatic rings. The molecule has 0 amide bonds. The molecule has 0 spiro atoms. The van der Waals surface area contributed by atoms with Crippen LogP contribution in [-0.4, -0.2) is 18.1 Å². The van der Waals surface area contributed by atoms with Crippen molar-refractivity contribution in [1.29, 1.82) is 0 Å². The summed E-state index contributed by atoms with van der Waals surface area (Å²) in [4.78, 5) is 0. The lowest BCUT2D eigenvalue weighted by atomic mass is 10.0. The van der Waals surface area contributed by atoms with E-state index >= 15 is 0 Å². The molecule has 78 valence electrons. The SMILES string of the molecule is CC1(C)CC(NCc2ccco2)CN1. The summed E-state index contributed by atoms with van der Waals surface area (Å²) in [6.45, 7) is 6.35. The first-order valence-corrected chi connectivity index (χ1v) is 5.16. The van der Waals surface area contributed by atoms with Gasteiger partial charge in [-0.1, -0.05) is 0 Å². The van der Waals surface area contributed by atoms with Crippen LogP contribution in [-0.2, 0) is 6.54 Å². The monoisotopic (exact) mass is 194 g/mol.